The van der Waals surface area contributed by atoms with Crippen molar-refractivity contribution in [2.75, 3.05) is 19.6 Å². The topological polar surface area (TPSA) is 56.3 Å². The van der Waals surface area contributed by atoms with Gasteiger partial charge in [-0.2, -0.15) is 0 Å². The fourth-order valence-corrected chi connectivity index (χ4v) is 6.10. The SMILES string of the molecule is O=C([O-])C1(c2ccccc2)CCN(CCCc2ccccn2)CC1(c1ccccc1)c1ccccc1.[K+]. The number of nitrogens with zero attached hydrogens (tertiary/aromatic N) is 2. The largest absolute Gasteiger partial charge is 1.00 e. The molecule has 4 aromatic rings. The number of hydrogen-bond donors (Lipinski definition) is 0. The maximum absolute atomic E-state index is 13.4. The minimum Gasteiger partial charge on any atom is -0.549 e. The van der Waals surface area contributed by atoms with Gasteiger partial charge in [0.2, 0.25) is 0 Å². The molecule has 3 aromatic carbocycles. The first-order chi connectivity index (χ1) is 17.7. The van der Waals surface area contributed by atoms with Crippen LogP contribution in [0.1, 0.15) is 35.2 Å². The number of aryl methyl sites for hydroxylation is 1. The molecule has 1 saturated heterocycles. The smallest absolute Gasteiger partial charge is 0.549 e. The van der Waals surface area contributed by atoms with E-state index in [1.54, 1.807) is 0 Å². The van der Waals surface area contributed by atoms with Crippen molar-refractivity contribution in [1.29, 1.82) is 0 Å². The Morgan fingerprint density at radius 1 is 0.784 bits per heavy atom. The molecule has 0 saturated carbocycles. The summed E-state index contributed by atoms with van der Waals surface area (Å²) in [7, 11) is 0. The predicted molar refractivity (Wildman–Crippen MR) is 140 cm³/mol. The van der Waals surface area contributed by atoms with Gasteiger partial charge in [0.05, 0.1) is 11.4 Å². The minimum atomic E-state index is -1.21. The van der Waals surface area contributed by atoms with Crippen LogP contribution in [0.3, 0.4) is 0 Å². The quantitative estimate of drug-likeness (QED) is 0.334. The monoisotopic (exact) mass is 514 g/mol. The summed E-state index contributed by atoms with van der Waals surface area (Å²) in [4.78, 5) is 20.3. The number of carbonyl (C=O) groups is 1. The first kappa shape index (κ1) is 27.9. The van der Waals surface area contributed by atoms with Crippen molar-refractivity contribution >= 4 is 5.97 Å². The van der Waals surface area contributed by atoms with Crippen molar-refractivity contribution in [3.63, 3.8) is 0 Å². The van der Waals surface area contributed by atoms with Crippen molar-refractivity contribution in [2.24, 2.45) is 0 Å². The van der Waals surface area contributed by atoms with E-state index < -0.39 is 16.8 Å². The number of carboxylic acids is 1. The van der Waals surface area contributed by atoms with E-state index in [0.29, 0.717) is 19.5 Å². The Kier molecular flexibility index (Phi) is 9.51. The van der Waals surface area contributed by atoms with Crippen LogP contribution in [0.4, 0.5) is 0 Å². The molecule has 5 rings (SSSR count). The number of pyridine rings is 1. The summed E-state index contributed by atoms with van der Waals surface area (Å²) in [6.45, 7) is 2.15. The molecule has 1 fully saturated rings. The van der Waals surface area contributed by atoms with E-state index in [0.717, 1.165) is 41.8 Å². The number of carbonyl (C=O) groups excluding carboxylic acids is 1. The van der Waals surface area contributed by atoms with Crippen LogP contribution < -0.4 is 56.5 Å². The van der Waals surface area contributed by atoms with E-state index in [1.807, 2.05) is 85.1 Å². The molecule has 1 aliphatic heterocycles. The average Bonchev–Trinajstić information content (AvgIpc) is 2.95. The molecular formula is C32H31KN2O2. The number of likely N-dealkylation sites (tertiary alicyclic amines) is 1. The first-order valence-electron chi connectivity index (χ1n) is 12.7. The van der Waals surface area contributed by atoms with Gasteiger partial charge in [0.1, 0.15) is 0 Å². The van der Waals surface area contributed by atoms with Crippen molar-refractivity contribution in [3.05, 3.63) is 138 Å². The molecular weight excluding hydrogens is 483 g/mol. The second kappa shape index (κ2) is 12.6. The van der Waals surface area contributed by atoms with Gasteiger partial charge >= 0.3 is 51.4 Å². The second-order valence-corrected chi connectivity index (χ2v) is 9.65. The summed E-state index contributed by atoms with van der Waals surface area (Å²) in [6, 6.07) is 36.0. The molecule has 37 heavy (non-hydrogen) atoms. The van der Waals surface area contributed by atoms with E-state index in [-0.39, 0.29) is 51.4 Å². The maximum Gasteiger partial charge on any atom is 1.00 e. The molecule has 2 heterocycles. The first-order valence-corrected chi connectivity index (χ1v) is 12.7. The van der Waals surface area contributed by atoms with E-state index in [1.165, 1.54) is 0 Å². The summed E-state index contributed by atoms with van der Waals surface area (Å²) >= 11 is 0. The minimum absolute atomic E-state index is 0. The third-order valence-corrected chi connectivity index (χ3v) is 7.77. The Morgan fingerprint density at radius 3 is 1.84 bits per heavy atom. The van der Waals surface area contributed by atoms with E-state index in [2.05, 4.69) is 40.2 Å². The fraction of sp³-hybridized carbons (Fsp3) is 0.250. The van der Waals surface area contributed by atoms with Crippen LogP contribution >= 0.6 is 0 Å². The zero-order valence-electron chi connectivity index (χ0n) is 21.4. The third-order valence-electron chi connectivity index (χ3n) is 7.77. The van der Waals surface area contributed by atoms with E-state index >= 15 is 0 Å². The van der Waals surface area contributed by atoms with Gasteiger partial charge < -0.3 is 14.8 Å². The Balaban J connectivity index is 0.00000320. The molecule has 1 atom stereocenters. The van der Waals surface area contributed by atoms with Crippen molar-refractivity contribution in [2.45, 2.75) is 30.1 Å². The molecule has 0 aliphatic carbocycles. The number of benzene rings is 3. The van der Waals surface area contributed by atoms with Gasteiger partial charge in [0.15, 0.2) is 0 Å². The van der Waals surface area contributed by atoms with Crippen LogP contribution in [-0.2, 0) is 22.0 Å². The zero-order chi connectivity index (χ0) is 24.8. The van der Waals surface area contributed by atoms with Crippen molar-refractivity contribution < 1.29 is 61.3 Å². The number of hydrogen-bond acceptors (Lipinski definition) is 4. The number of aromatic nitrogens is 1. The number of aliphatic carboxylic acids is 1. The van der Waals surface area contributed by atoms with Crippen LogP contribution in [-0.4, -0.2) is 35.5 Å². The van der Waals surface area contributed by atoms with Gasteiger partial charge in [-0.05, 0) is 61.2 Å². The molecule has 4 nitrogen and oxygen atoms in total. The van der Waals surface area contributed by atoms with Crippen LogP contribution in [0, 0.1) is 0 Å². The molecule has 0 bridgehead atoms. The van der Waals surface area contributed by atoms with E-state index in [9.17, 15) is 9.90 Å². The van der Waals surface area contributed by atoms with Crippen LogP contribution in [0.5, 0.6) is 0 Å². The Hall–Kier alpha value is -2.12. The summed E-state index contributed by atoms with van der Waals surface area (Å²) in [5.74, 6) is -1.02. The van der Waals surface area contributed by atoms with Gasteiger partial charge in [0.25, 0.3) is 0 Å². The van der Waals surface area contributed by atoms with Gasteiger partial charge in [0, 0.05) is 23.9 Å². The summed E-state index contributed by atoms with van der Waals surface area (Å²) in [6.07, 6.45) is 4.15. The van der Waals surface area contributed by atoms with E-state index in [4.69, 9.17) is 0 Å². The van der Waals surface area contributed by atoms with Gasteiger partial charge in [-0.3, -0.25) is 4.98 Å². The number of rotatable bonds is 8. The molecule has 5 heteroatoms. The molecule has 1 aliphatic rings. The van der Waals surface area contributed by atoms with Crippen LogP contribution in [0.2, 0.25) is 0 Å². The fourth-order valence-electron chi connectivity index (χ4n) is 6.10. The Morgan fingerprint density at radius 2 is 1.32 bits per heavy atom. The van der Waals surface area contributed by atoms with Crippen molar-refractivity contribution in [3.8, 4) is 0 Å². The van der Waals surface area contributed by atoms with Gasteiger partial charge in [-0.15, -0.1) is 0 Å². The summed E-state index contributed by atoms with van der Waals surface area (Å²) < 4.78 is 0. The normalized spacial score (nSPS) is 19.0. The predicted octanol–water partition coefficient (Wildman–Crippen LogP) is 1.40. The molecule has 0 spiro atoms. The van der Waals surface area contributed by atoms with Gasteiger partial charge in [-0.1, -0.05) is 97.1 Å². The molecule has 1 aromatic heterocycles. The Labute approximate surface area is 262 Å². The number of piperidine rings is 1. The van der Waals surface area contributed by atoms with Crippen molar-refractivity contribution in [1.82, 2.24) is 9.88 Å². The molecule has 1 unspecified atom stereocenters. The zero-order valence-corrected chi connectivity index (χ0v) is 24.5. The molecule has 0 radical (unpaired) electrons. The standard InChI is InChI=1S/C32H32N2O2.K/c35-30(36)31(26-13-4-1-5-14-26)21-24-34(23-12-20-29-19-10-11-22-33-29)25-32(31,27-15-6-2-7-16-27)28-17-8-3-9-18-28;/h1-11,13-19,22H,12,20-21,23-25H2,(H,35,36);/q;+1/p-1. The average molecular weight is 515 g/mol. The second-order valence-electron chi connectivity index (χ2n) is 9.65. The molecule has 182 valence electrons. The van der Waals surface area contributed by atoms with Crippen LogP contribution in [0.25, 0.3) is 0 Å². The molecule has 0 amide bonds. The summed E-state index contributed by atoms with van der Waals surface area (Å²) in [5, 5.41) is 13.4. The maximum atomic E-state index is 13.4. The summed E-state index contributed by atoms with van der Waals surface area (Å²) in [5.41, 5.74) is 1.84. The molecule has 0 N–H and O–H groups in total. The Bertz CT molecular complexity index is 1230. The van der Waals surface area contributed by atoms with Gasteiger partial charge in [-0.25, -0.2) is 0 Å². The third kappa shape index (κ3) is 5.40. The number of carboxylic acid groups (broad SMARTS) is 1. The van der Waals surface area contributed by atoms with Crippen LogP contribution in [0.15, 0.2) is 115 Å².